The number of halogens is 3. The summed E-state index contributed by atoms with van der Waals surface area (Å²) in [6.07, 6.45) is -3.80. The summed E-state index contributed by atoms with van der Waals surface area (Å²) in [7, 11) is 0. The van der Waals surface area contributed by atoms with Crippen molar-refractivity contribution in [3.8, 4) is 22.7 Å². The van der Waals surface area contributed by atoms with Crippen LogP contribution in [0.1, 0.15) is 54.1 Å². The molecule has 2 aromatic heterocycles. The van der Waals surface area contributed by atoms with E-state index in [1.807, 2.05) is 13.8 Å². The number of fused-ring (bicyclic) bond motifs is 1. The summed E-state index contributed by atoms with van der Waals surface area (Å²) < 4.78 is 57.0. The second-order valence-electron chi connectivity index (χ2n) is 8.82. The third kappa shape index (κ3) is 5.74. The zero-order valence-electron chi connectivity index (χ0n) is 21.8. The highest BCUT2D eigenvalue weighted by molar-refractivity contribution is 6.14. The van der Waals surface area contributed by atoms with Gasteiger partial charge in [-0.1, -0.05) is 6.07 Å². The average Bonchev–Trinajstić information content (AvgIpc) is 3.23. The van der Waals surface area contributed by atoms with Gasteiger partial charge in [0.2, 0.25) is 0 Å². The SMILES string of the molecule is CCOC(=O)c1c(C(=O)OCC)n(-c2ccc(OC(C)C)cc2)c2ccc(-c3ccc(C(F)(F)F)cn3)cc12. The summed E-state index contributed by atoms with van der Waals surface area (Å²) >= 11 is 0. The molecule has 0 atom stereocenters. The highest BCUT2D eigenvalue weighted by Gasteiger charge is 2.32. The number of rotatable bonds is 8. The Hall–Kier alpha value is -4.34. The number of benzene rings is 2. The van der Waals surface area contributed by atoms with Crippen molar-refractivity contribution in [1.29, 1.82) is 0 Å². The van der Waals surface area contributed by atoms with Crippen LogP contribution in [-0.4, -0.2) is 40.8 Å². The summed E-state index contributed by atoms with van der Waals surface area (Å²) in [5.41, 5.74) is 0.863. The van der Waals surface area contributed by atoms with E-state index >= 15 is 0 Å². The summed E-state index contributed by atoms with van der Waals surface area (Å²) in [6, 6.07) is 14.1. The van der Waals surface area contributed by atoms with Crippen molar-refractivity contribution in [1.82, 2.24) is 9.55 Å². The Morgan fingerprint density at radius 1 is 0.923 bits per heavy atom. The van der Waals surface area contributed by atoms with Gasteiger partial charge >= 0.3 is 18.1 Å². The van der Waals surface area contributed by atoms with Gasteiger partial charge in [-0.25, -0.2) is 9.59 Å². The Morgan fingerprint density at radius 2 is 1.59 bits per heavy atom. The van der Waals surface area contributed by atoms with Crippen LogP contribution in [0.2, 0.25) is 0 Å². The van der Waals surface area contributed by atoms with Crippen LogP contribution in [-0.2, 0) is 15.7 Å². The molecule has 0 saturated carbocycles. The fourth-order valence-electron chi connectivity index (χ4n) is 4.20. The van der Waals surface area contributed by atoms with Crippen molar-refractivity contribution in [3.63, 3.8) is 0 Å². The van der Waals surface area contributed by atoms with Crippen LogP contribution < -0.4 is 4.74 Å². The van der Waals surface area contributed by atoms with Crippen LogP contribution in [0.15, 0.2) is 60.8 Å². The first-order chi connectivity index (χ1) is 18.5. The normalized spacial score (nSPS) is 11.6. The molecule has 0 aliphatic heterocycles. The Morgan fingerprint density at radius 3 is 2.15 bits per heavy atom. The number of pyridine rings is 1. The van der Waals surface area contributed by atoms with E-state index in [2.05, 4.69) is 4.98 Å². The van der Waals surface area contributed by atoms with Crippen LogP contribution >= 0.6 is 0 Å². The number of hydrogen-bond acceptors (Lipinski definition) is 6. The van der Waals surface area contributed by atoms with Gasteiger partial charge in [0, 0.05) is 22.8 Å². The molecule has 4 aromatic rings. The molecule has 0 aliphatic rings. The minimum absolute atomic E-state index is 0.0124. The Kier molecular flexibility index (Phi) is 7.94. The molecule has 0 saturated heterocycles. The molecule has 2 aromatic carbocycles. The monoisotopic (exact) mass is 540 g/mol. The molecule has 0 fully saturated rings. The van der Waals surface area contributed by atoms with E-state index in [4.69, 9.17) is 14.2 Å². The lowest BCUT2D eigenvalue weighted by molar-refractivity contribution is -0.137. The van der Waals surface area contributed by atoms with Gasteiger partial charge in [-0.15, -0.1) is 0 Å². The van der Waals surface area contributed by atoms with Crippen molar-refractivity contribution >= 4 is 22.8 Å². The zero-order chi connectivity index (χ0) is 28.3. The maximum Gasteiger partial charge on any atom is 0.417 e. The van der Waals surface area contributed by atoms with Gasteiger partial charge in [0.25, 0.3) is 0 Å². The highest BCUT2D eigenvalue weighted by Crippen LogP contribution is 2.35. The topological polar surface area (TPSA) is 79.7 Å². The molecule has 10 heteroatoms. The molecule has 7 nitrogen and oxygen atoms in total. The molecule has 0 bridgehead atoms. The first kappa shape index (κ1) is 27.7. The molecule has 0 radical (unpaired) electrons. The third-order valence-corrected chi connectivity index (χ3v) is 5.77. The molecule has 0 amide bonds. The summed E-state index contributed by atoms with van der Waals surface area (Å²) in [5, 5.41) is 0.359. The summed E-state index contributed by atoms with van der Waals surface area (Å²) in [4.78, 5) is 30.4. The fourth-order valence-corrected chi connectivity index (χ4v) is 4.20. The smallest absolute Gasteiger partial charge is 0.417 e. The number of carbonyl (C=O) groups is 2. The Bertz CT molecular complexity index is 1490. The number of esters is 2. The predicted octanol–water partition coefficient (Wildman–Crippen LogP) is 6.85. The standard InChI is InChI=1S/C29H27F3N2O5/c1-5-37-27(35)25-22-15-18(23-13-8-19(16-33-23)29(30,31)32)7-14-24(22)34(26(25)28(36)38-6-2)20-9-11-21(12-10-20)39-17(3)4/h7-17H,5-6H2,1-4H3. The van der Waals surface area contributed by atoms with Crippen LogP contribution in [0, 0.1) is 0 Å². The highest BCUT2D eigenvalue weighted by atomic mass is 19.4. The molecule has 0 unspecified atom stereocenters. The van der Waals surface area contributed by atoms with E-state index in [1.54, 1.807) is 60.9 Å². The molecular formula is C29H27F3N2O5. The van der Waals surface area contributed by atoms with Crippen LogP contribution in [0.3, 0.4) is 0 Å². The molecule has 2 heterocycles. The third-order valence-electron chi connectivity index (χ3n) is 5.77. The largest absolute Gasteiger partial charge is 0.491 e. The summed E-state index contributed by atoms with van der Waals surface area (Å²) in [5.74, 6) is -0.834. The molecule has 0 spiro atoms. The number of ether oxygens (including phenoxy) is 3. The van der Waals surface area contributed by atoms with E-state index in [-0.39, 0.29) is 36.3 Å². The molecule has 39 heavy (non-hydrogen) atoms. The van der Waals surface area contributed by atoms with Gasteiger partial charge in [0.1, 0.15) is 17.0 Å². The van der Waals surface area contributed by atoms with E-state index in [0.717, 1.165) is 12.3 Å². The first-order valence-corrected chi connectivity index (χ1v) is 12.4. The van der Waals surface area contributed by atoms with Crippen molar-refractivity contribution in [2.75, 3.05) is 13.2 Å². The molecule has 0 aliphatic carbocycles. The molecular weight excluding hydrogens is 513 g/mol. The van der Waals surface area contributed by atoms with Crippen molar-refractivity contribution in [2.24, 2.45) is 0 Å². The van der Waals surface area contributed by atoms with Crippen molar-refractivity contribution in [2.45, 2.75) is 40.0 Å². The average molecular weight is 541 g/mol. The molecule has 204 valence electrons. The number of hydrogen-bond donors (Lipinski definition) is 0. The predicted molar refractivity (Wildman–Crippen MR) is 139 cm³/mol. The number of aromatic nitrogens is 2. The van der Waals surface area contributed by atoms with Gasteiger partial charge in [0.15, 0.2) is 0 Å². The van der Waals surface area contributed by atoms with Gasteiger partial charge in [-0.05, 0) is 76.2 Å². The minimum Gasteiger partial charge on any atom is -0.491 e. The van der Waals surface area contributed by atoms with Crippen LogP contribution in [0.4, 0.5) is 13.2 Å². The number of alkyl halides is 3. The minimum atomic E-state index is -4.52. The quantitative estimate of drug-likeness (QED) is 0.227. The molecule has 4 rings (SSSR count). The van der Waals surface area contributed by atoms with Crippen LogP contribution in [0.25, 0.3) is 27.8 Å². The number of nitrogens with zero attached hydrogens (tertiary/aromatic N) is 2. The van der Waals surface area contributed by atoms with Crippen molar-refractivity contribution in [3.05, 3.63) is 77.6 Å². The Labute approximate surface area is 223 Å². The van der Waals surface area contributed by atoms with E-state index in [1.165, 1.54) is 6.07 Å². The lowest BCUT2D eigenvalue weighted by Crippen LogP contribution is -2.16. The van der Waals surface area contributed by atoms with Gasteiger partial charge in [-0.3, -0.25) is 4.98 Å². The fraction of sp³-hybridized carbons (Fsp3) is 0.276. The van der Waals surface area contributed by atoms with E-state index < -0.39 is 23.7 Å². The lowest BCUT2D eigenvalue weighted by atomic mass is 10.0. The Balaban J connectivity index is 1.96. The van der Waals surface area contributed by atoms with E-state index in [0.29, 0.717) is 27.9 Å². The van der Waals surface area contributed by atoms with Crippen LogP contribution in [0.5, 0.6) is 5.75 Å². The lowest BCUT2D eigenvalue weighted by Gasteiger charge is -2.13. The van der Waals surface area contributed by atoms with Gasteiger partial charge < -0.3 is 18.8 Å². The summed E-state index contributed by atoms with van der Waals surface area (Å²) in [6.45, 7) is 7.25. The molecule has 0 N–H and O–H groups in total. The maximum atomic E-state index is 13.2. The second kappa shape index (κ2) is 11.2. The second-order valence-corrected chi connectivity index (χ2v) is 8.82. The van der Waals surface area contributed by atoms with Gasteiger partial charge in [-0.2, -0.15) is 13.2 Å². The first-order valence-electron chi connectivity index (χ1n) is 12.4. The van der Waals surface area contributed by atoms with Gasteiger partial charge in [0.05, 0.1) is 36.1 Å². The maximum absolute atomic E-state index is 13.2. The van der Waals surface area contributed by atoms with E-state index in [9.17, 15) is 22.8 Å². The zero-order valence-corrected chi connectivity index (χ0v) is 21.8. The number of carbonyl (C=O) groups excluding carboxylic acids is 2. The van der Waals surface area contributed by atoms with Crippen molar-refractivity contribution < 1.29 is 37.0 Å².